The normalized spacial score (nSPS) is 31.3. The molecule has 2 fully saturated rings. The van der Waals surface area contributed by atoms with Gasteiger partial charge in [-0.25, -0.2) is 0 Å². The van der Waals surface area contributed by atoms with Crippen LogP contribution in [-0.2, 0) is 0 Å². The summed E-state index contributed by atoms with van der Waals surface area (Å²) in [6.07, 6.45) is 6.63. The highest BCUT2D eigenvalue weighted by molar-refractivity contribution is 7.13. The van der Waals surface area contributed by atoms with Gasteiger partial charge in [-0.3, -0.25) is 4.67 Å². The Hall–Kier alpha value is -0.470. The van der Waals surface area contributed by atoms with E-state index in [-0.39, 0.29) is 12.1 Å². The van der Waals surface area contributed by atoms with E-state index in [2.05, 4.69) is 56.6 Å². The van der Waals surface area contributed by atoms with Gasteiger partial charge >= 0.3 is 0 Å². The summed E-state index contributed by atoms with van der Waals surface area (Å²) in [5, 5.41) is 14.1. The molecule has 0 radical (unpaired) electrons. The van der Waals surface area contributed by atoms with Gasteiger partial charge in [-0.05, 0) is 31.2 Å². The van der Waals surface area contributed by atoms with Crippen LogP contribution < -0.4 is 5.32 Å². The number of nitrogens with zero attached hydrogens (tertiary/aromatic N) is 1. The van der Waals surface area contributed by atoms with Crippen molar-refractivity contribution in [2.45, 2.75) is 50.6 Å². The van der Waals surface area contributed by atoms with E-state index in [1.165, 1.54) is 37.7 Å². The van der Waals surface area contributed by atoms with E-state index >= 15 is 0 Å². The molecule has 0 aromatic heterocycles. The van der Waals surface area contributed by atoms with E-state index in [0.29, 0.717) is 17.9 Å². The fourth-order valence-electron chi connectivity index (χ4n) is 4.79. The Bertz CT molecular complexity index is 491. The van der Waals surface area contributed by atoms with Crippen molar-refractivity contribution in [3.05, 3.63) is 35.9 Å². The molecule has 2 N–H and O–H groups in total. The summed E-state index contributed by atoms with van der Waals surface area (Å²) >= 11 is 0. The highest BCUT2D eigenvalue weighted by atomic mass is 31.0. The summed E-state index contributed by atoms with van der Waals surface area (Å²) in [6.45, 7) is 4.52. The zero-order chi connectivity index (χ0) is 16.3. The average molecular weight is 334 g/mol. The van der Waals surface area contributed by atoms with E-state index in [1.54, 1.807) is 0 Å². The minimum absolute atomic E-state index is 0.0339. The molecule has 3 unspecified atom stereocenters. The molecule has 1 aliphatic heterocycles. The highest BCUT2D eigenvalue weighted by Gasteiger charge is 2.50. The van der Waals surface area contributed by atoms with Crippen molar-refractivity contribution in [3.8, 4) is 0 Å². The lowest BCUT2D eigenvalue weighted by Gasteiger charge is -2.46. The summed E-state index contributed by atoms with van der Waals surface area (Å²) < 4.78 is 2.32. The minimum atomic E-state index is 0.0339. The quantitative estimate of drug-likeness (QED) is 0.811. The van der Waals surface area contributed by atoms with Crippen LogP contribution in [0.5, 0.6) is 0 Å². The van der Waals surface area contributed by atoms with Gasteiger partial charge < -0.3 is 10.4 Å². The first-order valence-electron chi connectivity index (χ1n) is 9.09. The lowest BCUT2D eigenvalue weighted by atomic mass is 9.69. The van der Waals surface area contributed by atoms with Gasteiger partial charge in [0, 0.05) is 37.2 Å². The Balaban J connectivity index is 1.85. The molecule has 1 heterocycles. The largest absolute Gasteiger partial charge is 0.396 e. The first-order chi connectivity index (χ1) is 11.2. The number of hydrogen-bond donors (Lipinski definition) is 2. The van der Waals surface area contributed by atoms with Crippen LogP contribution >= 0.6 is 9.39 Å². The molecule has 0 spiro atoms. The fourth-order valence-corrected chi connectivity index (χ4v) is 5.34. The van der Waals surface area contributed by atoms with E-state index in [4.69, 9.17) is 0 Å². The number of rotatable bonds is 5. The topological polar surface area (TPSA) is 35.5 Å². The number of benzene rings is 1. The average Bonchev–Trinajstić information content (AvgIpc) is 2.93. The lowest BCUT2D eigenvalue weighted by molar-refractivity contribution is 0.0797. The standard InChI is InChI=1S/C19H31N2OP/c1-15(16-8-4-2-5-9-16)20-19(17-10-6-3-7-11-17)14-21(23)12-18(19)13-22/h2,4-5,8-9,15,17-18,20,22H,3,6-7,10-14,23H2,1H3/t15?,18-,19?/m0/s1. The number of aliphatic hydroxyl groups is 1. The predicted molar refractivity (Wildman–Crippen MR) is 99.2 cm³/mol. The minimum Gasteiger partial charge on any atom is -0.396 e. The first kappa shape index (κ1) is 17.4. The maximum atomic E-state index is 10.1. The van der Waals surface area contributed by atoms with Crippen LogP contribution in [0.4, 0.5) is 0 Å². The molecule has 1 aliphatic carbocycles. The second kappa shape index (κ2) is 7.61. The van der Waals surface area contributed by atoms with Crippen LogP contribution in [0, 0.1) is 11.8 Å². The molecule has 1 aromatic carbocycles. The molecule has 3 rings (SSSR count). The van der Waals surface area contributed by atoms with Crippen LogP contribution in [0.3, 0.4) is 0 Å². The van der Waals surface area contributed by atoms with Gasteiger partial charge in [0.25, 0.3) is 0 Å². The zero-order valence-electron chi connectivity index (χ0n) is 14.2. The van der Waals surface area contributed by atoms with E-state index in [9.17, 15) is 5.11 Å². The van der Waals surface area contributed by atoms with Crippen molar-refractivity contribution >= 4 is 9.39 Å². The molecule has 0 bridgehead atoms. The van der Waals surface area contributed by atoms with Gasteiger partial charge in [0.1, 0.15) is 0 Å². The summed E-state index contributed by atoms with van der Waals surface area (Å²) in [5.41, 5.74) is 1.37. The molecule has 1 saturated heterocycles. The molecule has 4 atom stereocenters. The Morgan fingerprint density at radius 1 is 1.26 bits per heavy atom. The van der Waals surface area contributed by atoms with Crippen molar-refractivity contribution in [2.75, 3.05) is 19.7 Å². The monoisotopic (exact) mass is 334 g/mol. The van der Waals surface area contributed by atoms with Gasteiger partial charge in [0.15, 0.2) is 0 Å². The fraction of sp³-hybridized carbons (Fsp3) is 0.684. The third-order valence-electron chi connectivity index (χ3n) is 5.99. The SMILES string of the molecule is CC(NC1(C2CCCCC2)CN(P)C[C@H]1CO)c1ccccc1. The Morgan fingerprint density at radius 2 is 1.96 bits per heavy atom. The summed E-state index contributed by atoms with van der Waals surface area (Å²) in [5.74, 6) is 0.986. The molecule has 4 heteroatoms. The van der Waals surface area contributed by atoms with Crippen molar-refractivity contribution in [3.63, 3.8) is 0 Å². The van der Waals surface area contributed by atoms with E-state index in [0.717, 1.165) is 13.1 Å². The highest BCUT2D eigenvalue weighted by Crippen LogP contribution is 2.43. The number of hydrogen-bond acceptors (Lipinski definition) is 3. The lowest BCUT2D eigenvalue weighted by Crippen LogP contribution is -2.59. The number of aliphatic hydroxyl groups excluding tert-OH is 1. The van der Waals surface area contributed by atoms with Crippen molar-refractivity contribution in [1.29, 1.82) is 0 Å². The predicted octanol–water partition coefficient (Wildman–Crippen LogP) is 3.37. The third kappa shape index (κ3) is 3.64. The molecular formula is C19H31N2OP. The third-order valence-corrected chi connectivity index (χ3v) is 6.38. The maximum Gasteiger partial charge on any atom is 0.0489 e. The number of nitrogens with one attached hydrogen (secondary N) is 1. The van der Waals surface area contributed by atoms with Crippen LogP contribution in [0.1, 0.15) is 50.6 Å². The van der Waals surface area contributed by atoms with Crippen molar-refractivity contribution in [2.24, 2.45) is 11.8 Å². The maximum absolute atomic E-state index is 10.1. The second-order valence-corrected chi connectivity index (χ2v) is 8.19. The summed E-state index contributed by atoms with van der Waals surface area (Å²) in [4.78, 5) is 0. The van der Waals surface area contributed by atoms with Crippen LogP contribution in [0.25, 0.3) is 0 Å². The van der Waals surface area contributed by atoms with Gasteiger partial charge in [0.2, 0.25) is 0 Å². The Kier molecular flexibility index (Phi) is 5.74. The van der Waals surface area contributed by atoms with Crippen molar-refractivity contribution < 1.29 is 5.11 Å². The second-order valence-electron chi connectivity index (χ2n) is 7.46. The molecule has 128 valence electrons. The van der Waals surface area contributed by atoms with E-state index < -0.39 is 0 Å². The van der Waals surface area contributed by atoms with Crippen LogP contribution in [-0.4, -0.2) is 35.0 Å². The molecule has 2 aliphatic rings. The Labute approximate surface area is 143 Å². The molecule has 3 nitrogen and oxygen atoms in total. The van der Waals surface area contributed by atoms with E-state index in [1.807, 2.05) is 0 Å². The van der Waals surface area contributed by atoms with Crippen LogP contribution in [0.2, 0.25) is 0 Å². The Morgan fingerprint density at radius 3 is 2.61 bits per heavy atom. The molecule has 23 heavy (non-hydrogen) atoms. The molecule has 0 amide bonds. The zero-order valence-corrected chi connectivity index (χ0v) is 15.4. The molecular weight excluding hydrogens is 303 g/mol. The smallest absolute Gasteiger partial charge is 0.0489 e. The molecule has 1 saturated carbocycles. The van der Waals surface area contributed by atoms with Crippen LogP contribution in [0.15, 0.2) is 30.3 Å². The molecule has 1 aromatic rings. The first-order valence-corrected chi connectivity index (χ1v) is 9.60. The van der Waals surface area contributed by atoms with Gasteiger partial charge in [0.05, 0.1) is 0 Å². The van der Waals surface area contributed by atoms with Gasteiger partial charge in [-0.1, -0.05) is 59.0 Å². The summed E-state index contributed by atoms with van der Waals surface area (Å²) in [7, 11) is 2.86. The van der Waals surface area contributed by atoms with Gasteiger partial charge in [-0.15, -0.1) is 0 Å². The summed E-state index contributed by atoms with van der Waals surface area (Å²) in [6, 6.07) is 11.0. The van der Waals surface area contributed by atoms with Crippen molar-refractivity contribution in [1.82, 2.24) is 9.99 Å². The van der Waals surface area contributed by atoms with Gasteiger partial charge in [-0.2, -0.15) is 0 Å².